The molecule has 0 aromatic carbocycles. The summed E-state index contributed by atoms with van der Waals surface area (Å²) in [5.74, 6) is 1.00. The van der Waals surface area contributed by atoms with Gasteiger partial charge in [-0.25, -0.2) is 4.98 Å². The highest BCUT2D eigenvalue weighted by atomic mass is 16.3. The van der Waals surface area contributed by atoms with Crippen LogP contribution >= 0.6 is 0 Å². The first-order valence-corrected chi connectivity index (χ1v) is 8.14. The molecule has 3 heterocycles. The highest BCUT2D eigenvalue weighted by Gasteiger charge is 2.31. The molecular formula is C17H24N4O2. The number of aliphatic hydroxyl groups excluding tert-OH is 1. The van der Waals surface area contributed by atoms with Gasteiger partial charge in [0.1, 0.15) is 18.0 Å². The first kappa shape index (κ1) is 15.8. The van der Waals surface area contributed by atoms with Gasteiger partial charge in [-0.05, 0) is 37.8 Å². The van der Waals surface area contributed by atoms with Gasteiger partial charge in [-0.1, -0.05) is 0 Å². The Morgan fingerprint density at radius 1 is 1.26 bits per heavy atom. The third kappa shape index (κ3) is 3.17. The average molecular weight is 316 g/mol. The van der Waals surface area contributed by atoms with Gasteiger partial charge in [0.2, 0.25) is 5.91 Å². The first-order chi connectivity index (χ1) is 11.1. The van der Waals surface area contributed by atoms with Crippen molar-refractivity contribution in [2.24, 2.45) is 13.0 Å². The van der Waals surface area contributed by atoms with Gasteiger partial charge in [0.15, 0.2) is 0 Å². The Labute approximate surface area is 136 Å². The molecule has 6 nitrogen and oxygen atoms in total. The maximum absolute atomic E-state index is 12.6. The number of carbonyl (C=O) groups is 1. The quantitative estimate of drug-likeness (QED) is 0.935. The highest BCUT2D eigenvalue weighted by molar-refractivity contribution is 5.80. The number of nitrogens with zero attached hydrogens (tertiary/aromatic N) is 4. The van der Waals surface area contributed by atoms with Crippen LogP contribution in [-0.4, -0.2) is 43.1 Å². The van der Waals surface area contributed by atoms with Crippen LogP contribution in [-0.2, 0) is 11.8 Å². The maximum atomic E-state index is 12.6. The highest BCUT2D eigenvalue weighted by Crippen LogP contribution is 2.30. The van der Waals surface area contributed by atoms with Crippen molar-refractivity contribution in [3.8, 4) is 0 Å². The number of hydrogen-bond acceptors (Lipinski definition) is 3. The van der Waals surface area contributed by atoms with Crippen molar-refractivity contribution >= 4 is 5.91 Å². The molecule has 0 radical (unpaired) electrons. The molecule has 2 atom stereocenters. The summed E-state index contributed by atoms with van der Waals surface area (Å²) in [5.41, 5.74) is 0. The molecule has 1 N–H and O–H groups in total. The molecule has 0 bridgehead atoms. The van der Waals surface area contributed by atoms with Gasteiger partial charge in [0, 0.05) is 44.9 Å². The second-order valence-corrected chi connectivity index (χ2v) is 6.31. The number of rotatable bonds is 4. The third-order valence-electron chi connectivity index (χ3n) is 4.85. The molecule has 3 rings (SSSR count). The number of piperidine rings is 1. The molecule has 0 saturated carbocycles. The van der Waals surface area contributed by atoms with Crippen LogP contribution in [0.5, 0.6) is 0 Å². The molecule has 6 heteroatoms. The summed E-state index contributed by atoms with van der Waals surface area (Å²) in [4.78, 5) is 18.7. The van der Waals surface area contributed by atoms with Crippen LogP contribution in [0, 0.1) is 5.92 Å². The van der Waals surface area contributed by atoms with E-state index in [0.717, 1.165) is 12.8 Å². The normalized spacial score (nSPS) is 18.8. The summed E-state index contributed by atoms with van der Waals surface area (Å²) in [5, 5.41) is 10.5. The van der Waals surface area contributed by atoms with E-state index in [4.69, 9.17) is 0 Å². The second kappa shape index (κ2) is 6.58. The lowest BCUT2D eigenvalue weighted by Crippen LogP contribution is -2.42. The number of hydrogen-bond donors (Lipinski definition) is 1. The molecule has 23 heavy (non-hydrogen) atoms. The van der Waals surface area contributed by atoms with Crippen LogP contribution in [0.25, 0.3) is 0 Å². The van der Waals surface area contributed by atoms with Crippen LogP contribution < -0.4 is 0 Å². The number of likely N-dealkylation sites (tertiary alicyclic amines) is 1. The van der Waals surface area contributed by atoms with Crippen molar-refractivity contribution in [3.63, 3.8) is 0 Å². The summed E-state index contributed by atoms with van der Waals surface area (Å²) in [6.45, 7) is 3.31. The van der Waals surface area contributed by atoms with Crippen LogP contribution in [0.2, 0.25) is 0 Å². The predicted molar refractivity (Wildman–Crippen MR) is 86.6 cm³/mol. The predicted octanol–water partition coefficient (Wildman–Crippen LogP) is 1.75. The number of amides is 1. The van der Waals surface area contributed by atoms with E-state index in [0.29, 0.717) is 18.9 Å². The largest absolute Gasteiger partial charge is 0.385 e. The van der Waals surface area contributed by atoms with Crippen LogP contribution in [0.3, 0.4) is 0 Å². The third-order valence-corrected chi connectivity index (χ3v) is 4.85. The number of aliphatic hydroxyl groups is 1. The van der Waals surface area contributed by atoms with Crippen molar-refractivity contribution in [1.29, 1.82) is 0 Å². The molecule has 1 aliphatic rings. The topological polar surface area (TPSA) is 63.3 Å². The average Bonchev–Trinajstić information content (AvgIpc) is 3.24. The first-order valence-electron chi connectivity index (χ1n) is 8.14. The fourth-order valence-electron chi connectivity index (χ4n) is 3.31. The second-order valence-electron chi connectivity index (χ2n) is 6.31. The Balaban J connectivity index is 1.58. The molecule has 2 aromatic heterocycles. The minimum Gasteiger partial charge on any atom is -0.385 e. The zero-order valence-electron chi connectivity index (χ0n) is 13.7. The monoisotopic (exact) mass is 316 g/mol. The van der Waals surface area contributed by atoms with Gasteiger partial charge in [0.05, 0.1) is 0 Å². The minimum absolute atomic E-state index is 0.145. The molecule has 1 fully saturated rings. The van der Waals surface area contributed by atoms with Crippen molar-refractivity contribution in [2.45, 2.75) is 31.9 Å². The zero-order chi connectivity index (χ0) is 16.4. The summed E-state index contributed by atoms with van der Waals surface area (Å²) >= 11 is 0. The Morgan fingerprint density at radius 3 is 2.48 bits per heavy atom. The van der Waals surface area contributed by atoms with E-state index < -0.39 is 6.10 Å². The molecule has 1 saturated heterocycles. The van der Waals surface area contributed by atoms with Gasteiger partial charge in [-0.15, -0.1) is 0 Å². The molecule has 0 spiro atoms. The number of aryl methyl sites for hydroxylation is 1. The van der Waals surface area contributed by atoms with E-state index in [-0.39, 0.29) is 17.9 Å². The van der Waals surface area contributed by atoms with Crippen LogP contribution in [0.1, 0.15) is 37.7 Å². The lowest BCUT2D eigenvalue weighted by atomic mass is 9.90. The van der Waals surface area contributed by atoms with Crippen molar-refractivity contribution in [2.75, 3.05) is 13.1 Å². The van der Waals surface area contributed by atoms with E-state index in [1.54, 1.807) is 6.20 Å². The van der Waals surface area contributed by atoms with Gasteiger partial charge >= 0.3 is 0 Å². The van der Waals surface area contributed by atoms with Crippen molar-refractivity contribution in [3.05, 3.63) is 42.7 Å². The number of aromatic nitrogens is 3. The van der Waals surface area contributed by atoms with E-state index in [1.807, 2.05) is 58.7 Å². The van der Waals surface area contributed by atoms with Crippen molar-refractivity contribution in [1.82, 2.24) is 19.0 Å². The van der Waals surface area contributed by atoms with Gasteiger partial charge in [0.25, 0.3) is 0 Å². The summed E-state index contributed by atoms with van der Waals surface area (Å²) < 4.78 is 3.79. The van der Waals surface area contributed by atoms with Crippen molar-refractivity contribution < 1.29 is 9.90 Å². The zero-order valence-corrected chi connectivity index (χ0v) is 13.7. The molecule has 124 valence electrons. The van der Waals surface area contributed by atoms with Gasteiger partial charge in [-0.3, -0.25) is 4.79 Å². The lowest BCUT2D eigenvalue weighted by Gasteiger charge is -2.35. The molecule has 1 amide bonds. The Morgan fingerprint density at radius 2 is 1.91 bits per heavy atom. The smallest absolute Gasteiger partial charge is 0.245 e. The Hall–Kier alpha value is -2.08. The van der Waals surface area contributed by atoms with Crippen LogP contribution in [0.15, 0.2) is 36.9 Å². The van der Waals surface area contributed by atoms with Gasteiger partial charge < -0.3 is 19.1 Å². The summed E-state index contributed by atoms with van der Waals surface area (Å²) in [7, 11) is 1.89. The number of carbonyl (C=O) groups excluding carboxylic acids is 1. The molecule has 2 unspecified atom stereocenters. The van der Waals surface area contributed by atoms with E-state index in [9.17, 15) is 9.90 Å². The molecule has 1 aliphatic heterocycles. The lowest BCUT2D eigenvalue weighted by molar-refractivity contribution is -0.136. The summed E-state index contributed by atoms with van der Waals surface area (Å²) in [6.07, 6.45) is 8.43. The van der Waals surface area contributed by atoms with Gasteiger partial charge in [-0.2, -0.15) is 0 Å². The molecular weight excluding hydrogens is 292 g/mol. The Bertz CT molecular complexity index is 641. The fourth-order valence-corrected chi connectivity index (χ4v) is 3.31. The van der Waals surface area contributed by atoms with E-state index in [2.05, 4.69) is 4.98 Å². The molecule has 0 aliphatic carbocycles. The van der Waals surface area contributed by atoms with E-state index >= 15 is 0 Å². The summed E-state index contributed by atoms with van der Waals surface area (Å²) in [6, 6.07) is 3.68. The fraction of sp³-hybridized carbons (Fsp3) is 0.529. The Kier molecular flexibility index (Phi) is 4.52. The van der Waals surface area contributed by atoms with Crippen LogP contribution in [0.4, 0.5) is 0 Å². The standard InChI is InChI=1S/C17H24N4O2/c1-13(20-8-3-4-9-20)17(23)21-10-5-14(6-11-21)15(22)16-18-7-12-19(16)2/h3-4,7-9,12-15,22H,5-6,10-11H2,1-2H3. The SMILES string of the molecule is CC(C(=O)N1CCC(C(O)c2nccn2C)CC1)n1cccc1. The molecule has 2 aromatic rings. The maximum Gasteiger partial charge on any atom is 0.245 e. The van der Waals surface area contributed by atoms with E-state index in [1.165, 1.54) is 0 Å². The minimum atomic E-state index is -0.561. The number of imidazole rings is 1.